The fraction of sp³-hybridized carbons (Fsp3) is 0.400. The Balaban J connectivity index is 2.76. The van der Waals surface area contributed by atoms with Gasteiger partial charge in [-0.2, -0.15) is 5.10 Å². The Morgan fingerprint density at radius 3 is 2.92 bits per heavy atom. The highest BCUT2D eigenvalue weighted by Crippen LogP contribution is 2.09. The van der Waals surface area contributed by atoms with Crippen LogP contribution in [0.3, 0.4) is 0 Å². The summed E-state index contributed by atoms with van der Waals surface area (Å²) in [5, 5.41) is 4.11. The van der Waals surface area contributed by atoms with Crippen LogP contribution in [0, 0.1) is 6.92 Å². The molecule has 0 unspecified atom stereocenters. The van der Waals surface area contributed by atoms with Gasteiger partial charge < -0.3 is 0 Å². The van der Waals surface area contributed by atoms with Gasteiger partial charge in [0.2, 0.25) is 0 Å². The van der Waals surface area contributed by atoms with Crippen molar-refractivity contribution in [3.63, 3.8) is 0 Å². The molecular weight excluding hydrogens is 164 g/mol. The van der Waals surface area contributed by atoms with E-state index in [1.54, 1.807) is 17.0 Å². The zero-order valence-electron chi connectivity index (χ0n) is 8.08. The molecule has 3 nitrogen and oxygen atoms in total. The number of ketones is 1. The lowest BCUT2D eigenvalue weighted by molar-refractivity contribution is 0.0983. The summed E-state index contributed by atoms with van der Waals surface area (Å²) in [6.45, 7) is 5.43. The molecule has 0 saturated heterocycles. The zero-order valence-corrected chi connectivity index (χ0v) is 8.08. The molecular formula is C10H14N2O. The third-order valence-electron chi connectivity index (χ3n) is 1.89. The van der Waals surface area contributed by atoms with E-state index >= 15 is 0 Å². The second-order valence-corrected chi connectivity index (χ2v) is 3.05. The van der Waals surface area contributed by atoms with Gasteiger partial charge in [0.15, 0.2) is 5.78 Å². The highest BCUT2D eigenvalue weighted by atomic mass is 16.1. The van der Waals surface area contributed by atoms with E-state index in [2.05, 4.69) is 11.7 Å². The minimum Gasteiger partial charge on any atom is -0.294 e. The molecule has 0 amide bonds. The molecule has 3 heteroatoms. The number of hydrogen-bond acceptors (Lipinski definition) is 2. The van der Waals surface area contributed by atoms with Crippen LogP contribution in [0.15, 0.2) is 18.9 Å². The Morgan fingerprint density at radius 2 is 2.46 bits per heavy atom. The van der Waals surface area contributed by atoms with E-state index in [0.717, 1.165) is 17.7 Å². The van der Waals surface area contributed by atoms with Gasteiger partial charge in [-0.3, -0.25) is 9.48 Å². The van der Waals surface area contributed by atoms with Crippen LogP contribution in [0.25, 0.3) is 0 Å². The lowest BCUT2D eigenvalue weighted by Crippen LogP contribution is -1.98. The third-order valence-corrected chi connectivity index (χ3v) is 1.89. The summed E-state index contributed by atoms with van der Waals surface area (Å²) in [7, 11) is 1.82. The zero-order chi connectivity index (χ0) is 9.84. The van der Waals surface area contributed by atoms with Crippen LogP contribution in [0.1, 0.15) is 28.9 Å². The number of nitrogens with zero attached hydrogens (tertiary/aromatic N) is 2. The highest BCUT2D eigenvalue weighted by molar-refractivity contribution is 5.96. The Hall–Kier alpha value is -1.38. The minimum atomic E-state index is 0.144. The molecule has 1 aromatic rings. The van der Waals surface area contributed by atoms with Crippen molar-refractivity contribution in [1.29, 1.82) is 0 Å². The number of hydrogen-bond donors (Lipinski definition) is 0. The molecule has 0 saturated carbocycles. The minimum absolute atomic E-state index is 0.144. The number of aryl methyl sites for hydroxylation is 2. The number of Topliss-reactive ketones (excluding diaryl/α,β-unsaturated/α-hetero) is 1. The van der Waals surface area contributed by atoms with E-state index in [1.165, 1.54) is 0 Å². The van der Waals surface area contributed by atoms with Gasteiger partial charge in [0, 0.05) is 19.7 Å². The Labute approximate surface area is 78.1 Å². The monoisotopic (exact) mass is 178 g/mol. The molecule has 0 bridgehead atoms. The standard InChI is InChI=1S/C10H14N2O/c1-4-5-6-10(13)9-7-12(3)11-8(9)2/h4,7H,1,5-6H2,2-3H3. The lowest BCUT2D eigenvalue weighted by atomic mass is 10.1. The summed E-state index contributed by atoms with van der Waals surface area (Å²) in [4.78, 5) is 11.5. The molecule has 0 aliphatic carbocycles. The van der Waals surface area contributed by atoms with Crippen molar-refractivity contribution in [2.75, 3.05) is 0 Å². The SMILES string of the molecule is C=CCCC(=O)c1cn(C)nc1C. The van der Waals surface area contributed by atoms with Crippen molar-refractivity contribution in [3.8, 4) is 0 Å². The van der Waals surface area contributed by atoms with Crippen LogP contribution < -0.4 is 0 Å². The first kappa shape index (κ1) is 9.71. The number of allylic oxidation sites excluding steroid dienone is 1. The predicted molar refractivity (Wildman–Crippen MR) is 51.7 cm³/mol. The predicted octanol–water partition coefficient (Wildman–Crippen LogP) is 1.88. The van der Waals surface area contributed by atoms with Crippen molar-refractivity contribution < 1.29 is 4.79 Å². The molecule has 13 heavy (non-hydrogen) atoms. The second-order valence-electron chi connectivity index (χ2n) is 3.05. The smallest absolute Gasteiger partial charge is 0.166 e. The first-order valence-electron chi connectivity index (χ1n) is 4.29. The Kier molecular flexibility index (Phi) is 3.01. The van der Waals surface area contributed by atoms with Gasteiger partial charge in [-0.1, -0.05) is 6.08 Å². The Morgan fingerprint density at radius 1 is 1.77 bits per heavy atom. The maximum atomic E-state index is 11.5. The molecule has 0 fully saturated rings. The van der Waals surface area contributed by atoms with Crippen LogP contribution in [0.4, 0.5) is 0 Å². The molecule has 0 spiro atoms. The van der Waals surface area contributed by atoms with Gasteiger partial charge in [-0.25, -0.2) is 0 Å². The summed E-state index contributed by atoms with van der Waals surface area (Å²) in [6.07, 6.45) is 4.77. The molecule has 0 radical (unpaired) electrons. The quantitative estimate of drug-likeness (QED) is 0.521. The molecule has 1 rings (SSSR count). The summed E-state index contributed by atoms with van der Waals surface area (Å²) in [5.41, 5.74) is 1.53. The molecule has 0 N–H and O–H groups in total. The number of rotatable bonds is 4. The topological polar surface area (TPSA) is 34.9 Å². The van der Waals surface area contributed by atoms with Crippen molar-refractivity contribution in [2.45, 2.75) is 19.8 Å². The van der Waals surface area contributed by atoms with Crippen LogP contribution in [0.5, 0.6) is 0 Å². The van der Waals surface area contributed by atoms with Crippen LogP contribution in [0.2, 0.25) is 0 Å². The van der Waals surface area contributed by atoms with Crippen LogP contribution in [-0.4, -0.2) is 15.6 Å². The van der Waals surface area contributed by atoms with E-state index in [1.807, 2.05) is 14.0 Å². The highest BCUT2D eigenvalue weighted by Gasteiger charge is 2.10. The fourth-order valence-electron chi connectivity index (χ4n) is 1.24. The van der Waals surface area contributed by atoms with Gasteiger partial charge in [0.25, 0.3) is 0 Å². The third kappa shape index (κ3) is 2.28. The van der Waals surface area contributed by atoms with E-state index in [0.29, 0.717) is 6.42 Å². The Bertz CT molecular complexity index is 326. The average molecular weight is 178 g/mol. The fourth-order valence-corrected chi connectivity index (χ4v) is 1.24. The van der Waals surface area contributed by atoms with Crippen molar-refractivity contribution in [1.82, 2.24) is 9.78 Å². The summed E-state index contributed by atoms with van der Waals surface area (Å²) in [6, 6.07) is 0. The first-order valence-corrected chi connectivity index (χ1v) is 4.29. The normalized spacial score (nSPS) is 10.0. The molecule has 70 valence electrons. The van der Waals surface area contributed by atoms with E-state index < -0.39 is 0 Å². The van der Waals surface area contributed by atoms with E-state index in [9.17, 15) is 4.79 Å². The van der Waals surface area contributed by atoms with Crippen molar-refractivity contribution >= 4 is 5.78 Å². The van der Waals surface area contributed by atoms with Gasteiger partial charge in [-0.15, -0.1) is 6.58 Å². The number of carbonyl (C=O) groups is 1. The molecule has 0 aliphatic rings. The van der Waals surface area contributed by atoms with Crippen molar-refractivity contribution in [2.24, 2.45) is 7.05 Å². The molecule has 1 aromatic heterocycles. The maximum absolute atomic E-state index is 11.5. The number of aromatic nitrogens is 2. The number of carbonyl (C=O) groups excluding carboxylic acids is 1. The van der Waals surface area contributed by atoms with Gasteiger partial charge >= 0.3 is 0 Å². The lowest BCUT2D eigenvalue weighted by Gasteiger charge is -1.94. The largest absolute Gasteiger partial charge is 0.294 e. The van der Waals surface area contributed by atoms with Crippen molar-refractivity contribution in [3.05, 3.63) is 30.1 Å². The molecule has 0 aromatic carbocycles. The maximum Gasteiger partial charge on any atom is 0.166 e. The average Bonchev–Trinajstić information content (AvgIpc) is 2.41. The van der Waals surface area contributed by atoms with Crippen LogP contribution >= 0.6 is 0 Å². The second kappa shape index (κ2) is 4.03. The van der Waals surface area contributed by atoms with Gasteiger partial charge in [0.1, 0.15) is 0 Å². The molecule has 1 heterocycles. The summed E-state index contributed by atoms with van der Waals surface area (Å²) < 4.78 is 1.66. The summed E-state index contributed by atoms with van der Waals surface area (Å²) in [5.74, 6) is 0.144. The molecule has 0 atom stereocenters. The summed E-state index contributed by atoms with van der Waals surface area (Å²) >= 11 is 0. The van der Waals surface area contributed by atoms with Crippen LogP contribution in [-0.2, 0) is 7.05 Å². The van der Waals surface area contributed by atoms with Gasteiger partial charge in [0.05, 0.1) is 11.3 Å². The molecule has 0 aliphatic heterocycles. The van der Waals surface area contributed by atoms with E-state index in [4.69, 9.17) is 0 Å². The first-order chi connectivity index (χ1) is 6.15. The van der Waals surface area contributed by atoms with Gasteiger partial charge in [-0.05, 0) is 13.3 Å². The van der Waals surface area contributed by atoms with E-state index in [-0.39, 0.29) is 5.78 Å².